The van der Waals surface area contributed by atoms with Crippen molar-refractivity contribution in [3.8, 4) is 0 Å². The van der Waals surface area contributed by atoms with E-state index in [0.717, 1.165) is 19.4 Å². The van der Waals surface area contributed by atoms with Crippen molar-refractivity contribution in [3.05, 3.63) is 35.4 Å². The predicted molar refractivity (Wildman–Crippen MR) is 97.0 cm³/mol. The number of amides is 1. The van der Waals surface area contributed by atoms with Gasteiger partial charge in [-0.3, -0.25) is 4.79 Å². The minimum absolute atomic E-state index is 0. The number of hydrogen-bond donors (Lipinski definition) is 1. The van der Waals surface area contributed by atoms with Gasteiger partial charge in [0.15, 0.2) is 0 Å². The fourth-order valence-corrected chi connectivity index (χ4v) is 3.80. The summed E-state index contributed by atoms with van der Waals surface area (Å²) in [5.74, 6) is 2.02. The third-order valence-electron chi connectivity index (χ3n) is 5.42. The van der Waals surface area contributed by atoms with Crippen LogP contribution in [-0.2, 0) is 4.79 Å². The molecule has 1 aromatic rings. The van der Waals surface area contributed by atoms with Crippen LogP contribution in [0.15, 0.2) is 24.3 Å². The Morgan fingerprint density at radius 2 is 1.91 bits per heavy atom. The first-order chi connectivity index (χ1) is 10.5. The zero-order chi connectivity index (χ0) is 15.9. The van der Waals surface area contributed by atoms with Gasteiger partial charge in [0.2, 0.25) is 5.91 Å². The normalized spacial score (nSPS) is 29.5. The second-order valence-electron chi connectivity index (χ2n) is 7.45. The molecule has 1 saturated heterocycles. The van der Waals surface area contributed by atoms with Crippen LogP contribution in [0.2, 0.25) is 0 Å². The van der Waals surface area contributed by atoms with Crippen molar-refractivity contribution in [2.24, 2.45) is 17.6 Å². The molecule has 4 heteroatoms. The molecule has 0 spiro atoms. The van der Waals surface area contributed by atoms with Gasteiger partial charge in [-0.15, -0.1) is 12.4 Å². The SMILES string of the molecule is CC(C)c1ccc(C2CC2C(=O)N2CC(CN)CC2C)cc1.Cl. The molecular formula is C19H29ClN2O. The van der Waals surface area contributed by atoms with E-state index in [2.05, 4.69) is 49.9 Å². The van der Waals surface area contributed by atoms with Crippen molar-refractivity contribution < 1.29 is 4.79 Å². The van der Waals surface area contributed by atoms with Crippen LogP contribution in [0.1, 0.15) is 56.6 Å². The molecule has 128 valence electrons. The number of nitrogens with zero attached hydrogens (tertiary/aromatic N) is 1. The standard InChI is InChI=1S/C19H28N2O.ClH/c1-12(2)15-4-6-16(7-5-15)17-9-18(17)19(22)21-11-14(10-20)8-13(21)3;/h4-7,12-14,17-18H,8-11,20H2,1-3H3;1H. The summed E-state index contributed by atoms with van der Waals surface area (Å²) in [5, 5.41) is 0. The Hall–Kier alpha value is -1.06. The Morgan fingerprint density at radius 1 is 1.26 bits per heavy atom. The lowest BCUT2D eigenvalue weighted by molar-refractivity contribution is -0.133. The molecule has 1 aliphatic heterocycles. The van der Waals surface area contributed by atoms with E-state index >= 15 is 0 Å². The second-order valence-corrected chi connectivity index (χ2v) is 7.45. The summed E-state index contributed by atoms with van der Waals surface area (Å²) in [6.07, 6.45) is 2.07. The highest BCUT2D eigenvalue weighted by atomic mass is 35.5. The number of carbonyl (C=O) groups excluding carboxylic acids is 1. The average molecular weight is 337 g/mol. The Labute approximate surface area is 146 Å². The molecule has 23 heavy (non-hydrogen) atoms. The minimum Gasteiger partial charge on any atom is -0.339 e. The molecule has 1 aromatic carbocycles. The summed E-state index contributed by atoms with van der Waals surface area (Å²) < 4.78 is 0. The highest BCUT2D eigenvalue weighted by Gasteiger charge is 2.47. The molecular weight excluding hydrogens is 308 g/mol. The predicted octanol–water partition coefficient (Wildman–Crippen LogP) is 3.53. The summed E-state index contributed by atoms with van der Waals surface area (Å²) >= 11 is 0. The molecule has 4 atom stereocenters. The third-order valence-corrected chi connectivity index (χ3v) is 5.42. The van der Waals surface area contributed by atoms with Gasteiger partial charge in [-0.05, 0) is 55.2 Å². The number of benzene rings is 1. The molecule has 2 aliphatic rings. The Kier molecular flexibility index (Phi) is 5.74. The van der Waals surface area contributed by atoms with E-state index in [-0.39, 0.29) is 18.3 Å². The van der Waals surface area contributed by atoms with Crippen molar-refractivity contribution >= 4 is 18.3 Å². The van der Waals surface area contributed by atoms with Gasteiger partial charge in [-0.1, -0.05) is 38.1 Å². The van der Waals surface area contributed by atoms with E-state index in [9.17, 15) is 4.79 Å². The van der Waals surface area contributed by atoms with Crippen molar-refractivity contribution in [2.75, 3.05) is 13.1 Å². The van der Waals surface area contributed by atoms with E-state index < -0.39 is 0 Å². The van der Waals surface area contributed by atoms with Crippen molar-refractivity contribution in [1.29, 1.82) is 0 Å². The lowest BCUT2D eigenvalue weighted by Crippen LogP contribution is -2.35. The van der Waals surface area contributed by atoms with Gasteiger partial charge in [0.05, 0.1) is 0 Å². The molecule has 0 bridgehead atoms. The first kappa shape index (κ1) is 18.3. The first-order valence-electron chi connectivity index (χ1n) is 8.61. The molecule has 1 aliphatic carbocycles. The smallest absolute Gasteiger partial charge is 0.226 e. The van der Waals surface area contributed by atoms with E-state index in [1.807, 2.05) is 0 Å². The van der Waals surface area contributed by atoms with Crippen molar-refractivity contribution in [3.63, 3.8) is 0 Å². The molecule has 3 rings (SSSR count). The van der Waals surface area contributed by atoms with Crippen LogP contribution >= 0.6 is 12.4 Å². The maximum Gasteiger partial charge on any atom is 0.226 e. The third kappa shape index (κ3) is 3.72. The fourth-order valence-electron chi connectivity index (χ4n) is 3.80. The maximum atomic E-state index is 12.7. The molecule has 4 unspecified atom stereocenters. The van der Waals surface area contributed by atoms with Crippen LogP contribution in [-0.4, -0.2) is 29.9 Å². The minimum atomic E-state index is 0. The van der Waals surface area contributed by atoms with E-state index in [1.165, 1.54) is 11.1 Å². The average Bonchev–Trinajstić information content (AvgIpc) is 3.23. The molecule has 3 nitrogen and oxygen atoms in total. The number of likely N-dealkylation sites (tertiary alicyclic amines) is 1. The molecule has 1 amide bonds. The van der Waals surface area contributed by atoms with Crippen molar-refractivity contribution in [2.45, 2.75) is 51.5 Å². The van der Waals surface area contributed by atoms with Crippen LogP contribution in [0.4, 0.5) is 0 Å². The van der Waals surface area contributed by atoms with Gasteiger partial charge in [-0.2, -0.15) is 0 Å². The molecule has 1 saturated carbocycles. The summed E-state index contributed by atoms with van der Waals surface area (Å²) in [7, 11) is 0. The van der Waals surface area contributed by atoms with E-state index in [4.69, 9.17) is 5.73 Å². The number of rotatable bonds is 4. The maximum absolute atomic E-state index is 12.7. The van der Waals surface area contributed by atoms with Crippen LogP contribution in [0, 0.1) is 11.8 Å². The lowest BCUT2D eigenvalue weighted by atomic mass is 10.00. The summed E-state index contributed by atoms with van der Waals surface area (Å²) in [5.41, 5.74) is 8.46. The molecule has 0 aromatic heterocycles. The zero-order valence-electron chi connectivity index (χ0n) is 14.4. The Balaban J connectivity index is 0.00000192. The molecule has 0 radical (unpaired) electrons. The van der Waals surface area contributed by atoms with Gasteiger partial charge in [0, 0.05) is 18.5 Å². The Bertz CT molecular complexity index is 543. The molecule has 1 heterocycles. The quantitative estimate of drug-likeness (QED) is 0.914. The highest BCUT2D eigenvalue weighted by molar-refractivity contribution is 5.85. The number of nitrogens with two attached hydrogens (primary N) is 1. The number of halogens is 1. The van der Waals surface area contributed by atoms with Gasteiger partial charge in [-0.25, -0.2) is 0 Å². The van der Waals surface area contributed by atoms with Gasteiger partial charge in [0.1, 0.15) is 0 Å². The van der Waals surface area contributed by atoms with Crippen LogP contribution in [0.25, 0.3) is 0 Å². The van der Waals surface area contributed by atoms with Crippen LogP contribution < -0.4 is 5.73 Å². The topological polar surface area (TPSA) is 46.3 Å². The highest BCUT2D eigenvalue weighted by Crippen LogP contribution is 2.49. The molecule has 2 fully saturated rings. The van der Waals surface area contributed by atoms with Crippen LogP contribution in [0.5, 0.6) is 0 Å². The lowest BCUT2D eigenvalue weighted by Gasteiger charge is -2.21. The summed E-state index contributed by atoms with van der Waals surface area (Å²) in [6.45, 7) is 8.12. The first-order valence-corrected chi connectivity index (χ1v) is 8.61. The van der Waals surface area contributed by atoms with Crippen LogP contribution in [0.3, 0.4) is 0 Å². The van der Waals surface area contributed by atoms with Gasteiger partial charge in [0.25, 0.3) is 0 Å². The zero-order valence-corrected chi connectivity index (χ0v) is 15.2. The van der Waals surface area contributed by atoms with Gasteiger partial charge < -0.3 is 10.6 Å². The van der Waals surface area contributed by atoms with Crippen molar-refractivity contribution in [1.82, 2.24) is 4.90 Å². The van der Waals surface area contributed by atoms with E-state index in [1.54, 1.807) is 0 Å². The molecule has 2 N–H and O–H groups in total. The second kappa shape index (κ2) is 7.23. The Morgan fingerprint density at radius 3 is 2.43 bits per heavy atom. The van der Waals surface area contributed by atoms with E-state index in [0.29, 0.717) is 36.2 Å². The van der Waals surface area contributed by atoms with Gasteiger partial charge >= 0.3 is 0 Å². The number of hydrogen-bond acceptors (Lipinski definition) is 2. The summed E-state index contributed by atoms with van der Waals surface area (Å²) in [6, 6.07) is 9.20. The monoisotopic (exact) mass is 336 g/mol. The number of carbonyl (C=O) groups is 1. The fraction of sp³-hybridized carbons (Fsp3) is 0.632. The largest absolute Gasteiger partial charge is 0.339 e. The summed E-state index contributed by atoms with van der Waals surface area (Å²) in [4.78, 5) is 14.8.